The highest BCUT2D eigenvalue weighted by atomic mass is 32.2. The summed E-state index contributed by atoms with van der Waals surface area (Å²) in [4.78, 5) is 1.91. The molecule has 0 aliphatic carbocycles. The van der Waals surface area contributed by atoms with Crippen LogP contribution in [0.4, 0.5) is 5.88 Å². The Kier molecular flexibility index (Phi) is 2.68. The molecular weight excluding hydrogens is 220 g/mol. The van der Waals surface area contributed by atoms with E-state index < -0.39 is 10.0 Å². The maximum absolute atomic E-state index is 11.0. The third kappa shape index (κ3) is 2.31. The molecule has 0 spiro atoms. The summed E-state index contributed by atoms with van der Waals surface area (Å²) in [6.45, 7) is 2.62. The number of primary sulfonamides is 1. The summed E-state index contributed by atoms with van der Waals surface area (Å²) in [7, 11) is -3.75. The molecule has 0 radical (unpaired) electrons. The number of nitrogens with zero attached hydrogens (tertiary/aromatic N) is 1. The highest BCUT2D eigenvalue weighted by Crippen LogP contribution is 2.21. The Labute approximate surface area is 87.7 Å². The zero-order chi connectivity index (χ0) is 10.9. The van der Waals surface area contributed by atoms with Gasteiger partial charge < -0.3 is 14.1 Å². The summed E-state index contributed by atoms with van der Waals surface area (Å²) >= 11 is 0. The van der Waals surface area contributed by atoms with Crippen LogP contribution in [0.2, 0.25) is 0 Å². The van der Waals surface area contributed by atoms with E-state index in [1.165, 1.54) is 6.07 Å². The highest BCUT2D eigenvalue weighted by molar-refractivity contribution is 7.89. The lowest BCUT2D eigenvalue weighted by Gasteiger charge is -2.26. The van der Waals surface area contributed by atoms with Gasteiger partial charge in [0, 0.05) is 19.2 Å². The van der Waals surface area contributed by atoms with Crippen molar-refractivity contribution in [2.45, 2.75) is 5.09 Å². The van der Waals surface area contributed by atoms with E-state index in [4.69, 9.17) is 14.3 Å². The second kappa shape index (κ2) is 3.84. The van der Waals surface area contributed by atoms with Gasteiger partial charge in [-0.1, -0.05) is 0 Å². The van der Waals surface area contributed by atoms with Crippen LogP contribution in [0.1, 0.15) is 0 Å². The molecule has 2 rings (SSSR count). The largest absolute Gasteiger partial charge is 0.428 e. The van der Waals surface area contributed by atoms with Gasteiger partial charge in [0.15, 0.2) is 5.88 Å². The van der Waals surface area contributed by atoms with E-state index >= 15 is 0 Å². The Hall–Kier alpha value is -1.05. The molecule has 0 unspecified atom stereocenters. The second-order valence-corrected chi connectivity index (χ2v) is 4.73. The van der Waals surface area contributed by atoms with Crippen LogP contribution in [0.3, 0.4) is 0 Å². The molecule has 1 aromatic heterocycles. The minimum atomic E-state index is -3.75. The Morgan fingerprint density at radius 1 is 1.27 bits per heavy atom. The van der Waals surface area contributed by atoms with Gasteiger partial charge in [0.05, 0.1) is 13.2 Å². The number of furan rings is 1. The lowest BCUT2D eigenvalue weighted by Crippen LogP contribution is -2.35. The Balaban J connectivity index is 2.19. The Morgan fingerprint density at radius 3 is 2.47 bits per heavy atom. The van der Waals surface area contributed by atoms with Crippen molar-refractivity contribution in [2.24, 2.45) is 5.14 Å². The molecule has 15 heavy (non-hydrogen) atoms. The van der Waals surface area contributed by atoms with Gasteiger partial charge in [-0.2, -0.15) is 0 Å². The normalized spacial score (nSPS) is 18.1. The zero-order valence-corrected chi connectivity index (χ0v) is 8.87. The molecule has 0 atom stereocenters. The van der Waals surface area contributed by atoms with Gasteiger partial charge in [0.2, 0.25) is 5.09 Å². The zero-order valence-electron chi connectivity index (χ0n) is 8.05. The van der Waals surface area contributed by atoms with Crippen molar-refractivity contribution in [3.05, 3.63) is 12.1 Å². The summed E-state index contributed by atoms with van der Waals surface area (Å²) < 4.78 is 32.3. The molecule has 6 nitrogen and oxygen atoms in total. The first-order valence-electron chi connectivity index (χ1n) is 4.53. The predicted molar refractivity (Wildman–Crippen MR) is 53.1 cm³/mol. The van der Waals surface area contributed by atoms with Gasteiger partial charge in [-0.15, -0.1) is 0 Å². The smallest absolute Gasteiger partial charge is 0.271 e. The van der Waals surface area contributed by atoms with Gasteiger partial charge >= 0.3 is 0 Å². The van der Waals surface area contributed by atoms with E-state index in [1.807, 2.05) is 4.90 Å². The van der Waals surface area contributed by atoms with Crippen molar-refractivity contribution in [1.29, 1.82) is 0 Å². The van der Waals surface area contributed by atoms with Crippen LogP contribution in [0, 0.1) is 0 Å². The molecule has 1 aromatic rings. The average molecular weight is 232 g/mol. The van der Waals surface area contributed by atoms with Crippen molar-refractivity contribution >= 4 is 15.9 Å². The van der Waals surface area contributed by atoms with Gasteiger partial charge in [-0.05, 0) is 6.07 Å². The van der Waals surface area contributed by atoms with Crippen molar-refractivity contribution in [2.75, 3.05) is 31.2 Å². The molecule has 0 saturated carbocycles. The van der Waals surface area contributed by atoms with Crippen LogP contribution in [-0.4, -0.2) is 34.7 Å². The highest BCUT2D eigenvalue weighted by Gasteiger charge is 2.18. The second-order valence-electron chi connectivity index (χ2n) is 3.24. The number of rotatable bonds is 2. The molecule has 1 fully saturated rings. The van der Waals surface area contributed by atoms with Gasteiger partial charge in [-0.3, -0.25) is 0 Å². The van der Waals surface area contributed by atoms with E-state index in [2.05, 4.69) is 0 Å². The van der Waals surface area contributed by atoms with Gasteiger partial charge in [0.25, 0.3) is 10.0 Å². The fourth-order valence-electron chi connectivity index (χ4n) is 1.42. The average Bonchev–Trinajstić information content (AvgIpc) is 2.67. The summed E-state index contributed by atoms with van der Waals surface area (Å²) in [5.41, 5.74) is 0. The fraction of sp³-hybridized carbons (Fsp3) is 0.500. The summed E-state index contributed by atoms with van der Waals surface area (Å²) in [5, 5.41) is 4.73. The minimum absolute atomic E-state index is 0.205. The molecule has 2 heterocycles. The summed E-state index contributed by atoms with van der Waals surface area (Å²) in [6.07, 6.45) is 0. The first-order chi connectivity index (χ1) is 7.07. The minimum Gasteiger partial charge on any atom is -0.428 e. The lowest BCUT2D eigenvalue weighted by atomic mass is 10.4. The van der Waals surface area contributed by atoms with Crippen LogP contribution in [0.15, 0.2) is 21.6 Å². The molecule has 84 valence electrons. The first-order valence-corrected chi connectivity index (χ1v) is 6.07. The van der Waals surface area contributed by atoms with Crippen molar-refractivity contribution in [1.82, 2.24) is 0 Å². The van der Waals surface area contributed by atoms with Crippen LogP contribution in [-0.2, 0) is 14.8 Å². The monoisotopic (exact) mass is 232 g/mol. The molecular formula is C8H12N2O4S. The molecule has 7 heteroatoms. The van der Waals surface area contributed by atoms with Crippen molar-refractivity contribution in [3.8, 4) is 0 Å². The van der Waals surface area contributed by atoms with E-state index in [0.717, 1.165) is 0 Å². The molecule has 0 aromatic carbocycles. The Morgan fingerprint density at radius 2 is 1.93 bits per heavy atom. The van der Waals surface area contributed by atoms with Crippen LogP contribution < -0.4 is 10.0 Å². The SMILES string of the molecule is NS(=O)(=O)c1ccc(N2CCOCC2)o1. The standard InChI is InChI=1S/C8H12N2O4S/c9-15(11,12)8-2-1-7(14-8)10-3-5-13-6-4-10/h1-2H,3-6H2,(H2,9,11,12). The summed E-state index contributed by atoms with van der Waals surface area (Å²) in [6, 6.07) is 2.96. The topological polar surface area (TPSA) is 85.8 Å². The Bertz CT molecular complexity index is 433. The van der Waals surface area contributed by atoms with E-state index in [-0.39, 0.29) is 5.09 Å². The first kappa shape index (κ1) is 10.5. The predicted octanol–water partition coefficient (Wildman–Crippen LogP) is -0.236. The number of sulfonamides is 1. The number of nitrogens with two attached hydrogens (primary N) is 1. The third-order valence-electron chi connectivity index (χ3n) is 2.17. The molecule has 2 N–H and O–H groups in total. The number of morpholine rings is 1. The van der Waals surface area contributed by atoms with Crippen molar-refractivity contribution < 1.29 is 17.6 Å². The molecule has 1 aliphatic rings. The number of hydrogen-bond donors (Lipinski definition) is 1. The maximum Gasteiger partial charge on any atom is 0.271 e. The molecule has 0 amide bonds. The van der Waals surface area contributed by atoms with Gasteiger partial charge in [-0.25, -0.2) is 13.6 Å². The maximum atomic E-state index is 11.0. The van der Waals surface area contributed by atoms with E-state index in [0.29, 0.717) is 32.2 Å². The van der Waals surface area contributed by atoms with Crippen molar-refractivity contribution in [3.63, 3.8) is 0 Å². The molecule has 1 aliphatic heterocycles. The van der Waals surface area contributed by atoms with E-state index in [9.17, 15) is 8.42 Å². The lowest BCUT2D eigenvalue weighted by molar-refractivity contribution is 0.120. The third-order valence-corrected chi connectivity index (χ3v) is 2.95. The van der Waals surface area contributed by atoms with E-state index in [1.54, 1.807) is 6.07 Å². The number of hydrogen-bond acceptors (Lipinski definition) is 5. The molecule has 1 saturated heterocycles. The van der Waals surface area contributed by atoms with Crippen LogP contribution >= 0.6 is 0 Å². The summed E-state index contributed by atoms with van der Waals surface area (Å²) in [5.74, 6) is 0.516. The van der Waals surface area contributed by atoms with Gasteiger partial charge in [0.1, 0.15) is 0 Å². The quantitative estimate of drug-likeness (QED) is 0.760. The fourth-order valence-corrected chi connectivity index (χ4v) is 1.88. The number of ether oxygens (including phenoxy) is 1. The van der Waals surface area contributed by atoms with Crippen LogP contribution in [0.5, 0.6) is 0 Å². The number of anilines is 1. The molecule has 0 bridgehead atoms. The van der Waals surface area contributed by atoms with Crippen LogP contribution in [0.25, 0.3) is 0 Å².